The lowest BCUT2D eigenvalue weighted by atomic mass is 10.1. The van der Waals surface area contributed by atoms with Crippen LogP contribution in [0.1, 0.15) is 30.8 Å². The van der Waals surface area contributed by atoms with Crippen LogP contribution in [0.2, 0.25) is 0 Å². The maximum absolute atomic E-state index is 5.86. The Morgan fingerprint density at radius 1 is 1.39 bits per heavy atom. The van der Waals surface area contributed by atoms with Gasteiger partial charge in [-0.25, -0.2) is 0 Å². The molecule has 96 valence electrons. The summed E-state index contributed by atoms with van der Waals surface area (Å²) in [6.07, 6.45) is 0.757. The smallest absolute Gasteiger partial charge is 0.251 e. The van der Waals surface area contributed by atoms with Gasteiger partial charge in [0.25, 0.3) is 5.89 Å². The topological polar surface area (TPSA) is 74.2 Å². The van der Waals surface area contributed by atoms with Gasteiger partial charge in [-0.05, 0) is 25.5 Å². The Hall–Kier alpha value is -1.88. The monoisotopic (exact) mass is 247 g/mol. The molecule has 1 atom stereocenters. The first-order valence-corrected chi connectivity index (χ1v) is 5.89. The standard InChI is InChI=1S/C13H17N3O2/c1-4-10(14)13-16-15-12(18-13)9-7-8(2)5-6-11(9)17-3/h5-7,10H,4,14H2,1-3H3. The van der Waals surface area contributed by atoms with Gasteiger partial charge in [0, 0.05) is 0 Å². The number of methoxy groups -OCH3 is 1. The lowest BCUT2D eigenvalue weighted by Crippen LogP contribution is -2.08. The van der Waals surface area contributed by atoms with E-state index in [9.17, 15) is 0 Å². The van der Waals surface area contributed by atoms with Crippen LogP contribution in [0.3, 0.4) is 0 Å². The summed E-state index contributed by atoms with van der Waals surface area (Å²) in [4.78, 5) is 0. The summed E-state index contributed by atoms with van der Waals surface area (Å²) in [5, 5.41) is 8.00. The minimum Gasteiger partial charge on any atom is -0.496 e. The predicted octanol–water partition coefficient (Wildman–Crippen LogP) is 2.46. The molecule has 0 fully saturated rings. The molecule has 2 rings (SSSR count). The third-order valence-electron chi connectivity index (χ3n) is 2.78. The molecule has 1 heterocycles. The Morgan fingerprint density at radius 3 is 2.83 bits per heavy atom. The Labute approximate surface area is 106 Å². The lowest BCUT2D eigenvalue weighted by Gasteiger charge is -2.06. The van der Waals surface area contributed by atoms with Crippen LogP contribution < -0.4 is 10.5 Å². The quantitative estimate of drug-likeness (QED) is 0.898. The summed E-state index contributed by atoms with van der Waals surface area (Å²) in [7, 11) is 1.61. The van der Waals surface area contributed by atoms with E-state index in [1.54, 1.807) is 7.11 Å². The van der Waals surface area contributed by atoms with Crippen LogP contribution >= 0.6 is 0 Å². The van der Waals surface area contributed by atoms with Crippen LogP contribution in [0.25, 0.3) is 11.5 Å². The Morgan fingerprint density at radius 2 is 2.17 bits per heavy atom. The van der Waals surface area contributed by atoms with E-state index in [0.29, 0.717) is 17.5 Å². The molecule has 0 bridgehead atoms. The van der Waals surface area contributed by atoms with E-state index < -0.39 is 0 Å². The molecule has 0 aliphatic heterocycles. The molecule has 0 saturated heterocycles. The predicted molar refractivity (Wildman–Crippen MR) is 68.2 cm³/mol. The van der Waals surface area contributed by atoms with Gasteiger partial charge in [-0.3, -0.25) is 0 Å². The molecule has 1 aromatic heterocycles. The zero-order chi connectivity index (χ0) is 13.1. The maximum Gasteiger partial charge on any atom is 0.251 e. The van der Waals surface area contributed by atoms with Crippen molar-refractivity contribution >= 4 is 0 Å². The fourth-order valence-electron chi connectivity index (χ4n) is 1.66. The maximum atomic E-state index is 5.86. The molecule has 0 saturated carbocycles. The van der Waals surface area contributed by atoms with Crippen molar-refractivity contribution in [2.45, 2.75) is 26.3 Å². The molecule has 18 heavy (non-hydrogen) atoms. The number of nitrogens with zero attached hydrogens (tertiary/aromatic N) is 2. The first kappa shape index (κ1) is 12.6. The molecule has 1 unspecified atom stereocenters. The molecule has 2 N–H and O–H groups in total. The van der Waals surface area contributed by atoms with E-state index in [4.69, 9.17) is 14.9 Å². The van der Waals surface area contributed by atoms with Gasteiger partial charge < -0.3 is 14.9 Å². The summed E-state index contributed by atoms with van der Waals surface area (Å²) in [6.45, 7) is 3.97. The zero-order valence-electron chi connectivity index (χ0n) is 10.8. The van der Waals surface area contributed by atoms with Crippen molar-refractivity contribution in [2.24, 2.45) is 5.73 Å². The molecule has 5 heteroatoms. The number of rotatable bonds is 4. The van der Waals surface area contributed by atoms with Crippen molar-refractivity contribution < 1.29 is 9.15 Å². The van der Waals surface area contributed by atoms with Crippen LogP contribution in [0.15, 0.2) is 22.6 Å². The molecule has 0 aliphatic rings. The van der Waals surface area contributed by atoms with E-state index in [1.165, 1.54) is 0 Å². The highest BCUT2D eigenvalue weighted by atomic mass is 16.5. The number of hydrogen-bond donors (Lipinski definition) is 1. The van der Waals surface area contributed by atoms with Gasteiger partial charge in [-0.2, -0.15) is 0 Å². The summed E-state index contributed by atoms with van der Waals surface area (Å²) in [6, 6.07) is 5.58. The second-order valence-corrected chi connectivity index (χ2v) is 4.16. The molecule has 0 radical (unpaired) electrons. The van der Waals surface area contributed by atoms with Gasteiger partial charge in [0.15, 0.2) is 0 Å². The second kappa shape index (κ2) is 5.18. The normalized spacial score (nSPS) is 12.4. The number of aryl methyl sites for hydroxylation is 1. The van der Waals surface area contributed by atoms with Crippen LogP contribution in [-0.2, 0) is 0 Å². The van der Waals surface area contributed by atoms with Crippen molar-refractivity contribution in [1.82, 2.24) is 10.2 Å². The first-order chi connectivity index (χ1) is 8.65. The molecule has 0 aliphatic carbocycles. The summed E-state index contributed by atoms with van der Waals surface area (Å²) in [5.41, 5.74) is 7.75. The SMILES string of the molecule is CCC(N)c1nnc(-c2cc(C)ccc2OC)o1. The van der Waals surface area contributed by atoms with Crippen LogP contribution in [0, 0.1) is 6.92 Å². The van der Waals surface area contributed by atoms with Crippen molar-refractivity contribution in [3.63, 3.8) is 0 Å². The number of hydrogen-bond acceptors (Lipinski definition) is 5. The summed E-state index contributed by atoms with van der Waals surface area (Å²) in [5.74, 6) is 1.60. The van der Waals surface area contributed by atoms with E-state index in [-0.39, 0.29) is 6.04 Å². The van der Waals surface area contributed by atoms with Crippen LogP contribution in [0.5, 0.6) is 5.75 Å². The minimum atomic E-state index is -0.220. The fraction of sp³-hybridized carbons (Fsp3) is 0.385. The molecule has 1 aromatic carbocycles. The van der Waals surface area contributed by atoms with E-state index in [0.717, 1.165) is 17.5 Å². The van der Waals surface area contributed by atoms with Gasteiger partial charge in [-0.15, -0.1) is 10.2 Å². The second-order valence-electron chi connectivity index (χ2n) is 4.16. The van der Waals surface area contributed by atoms with Gasteiger partial charge in [0.1, 0.15) is 5.75 Å². The minimum absolute atomic E-state index is 0.220. The van der Waals surface area contributed by atoms with Crippen LogP contribution in [0.4, 0.5) is 0 Å². The molecule has 2 aromatic rings. The van der Waals surface area contributed by atoms with Crippen molar-refractivity contribution in [3.8, 4) is 17.2 Å². The Kier molecular flexibility index (Phi) is 3.62. The van der Waals surface area contributed by atoms with Crippen molar-refractivity contribution in [2.75, 3.05) is 7.11 Å². The summed E-state index contributed by atoms with van der Waals surface area (Å²) >= 11 is 0. The highest BCUT2D eigenvalue weighted by Crippen LogP contribution is 2.30. The molecule has 0 amide bonds. The number of nitrogens with two attached hydrogens (primary N) is 1. The van der Waals surface area contributed by atoms with E-state index in [1.807, 2.05) is 32.0 Å². The fourth-order valence-corrected chi connectivity index (χ4v) is 1.66. The number of aromatic nitrogens is 2. The van der Waals surface area contributed by atoms with Crippen molar-refractivity contribution in [3.05, 3.63) is 29.7 Å². The van der Waals surface area contributed by atoms with Crippen LogP contribution in [-0.4, -0.2) is 17.3 Å². The third-order valence-corrected chi connectivity index (χ3v) is 2.78. The Bertz CT molecular complexity index is 537. The molecular weight excluding hydrogens is 230 g/mol. The zero-order valence-corrected chi connectivity index (χ0v) is 10.8. The molecule has 0 spiro atoms. The highest BCUT2D eigenvalue weighted by molar-refractivity contribution is 5.63. The number of benzene rings is 1. The van der Waals surface area contributed by atoms with Gasteiger partial charge in [0.2, 0.25) is 5.89 Å². The Balaban J connectivity index is 2.42. The number of ether oxygens (including phenoxy) is 1. The van der Waals surface area contributed by atoms with Gasteiger partial charge in [-0.1, -0.05) is 18.6 Å². The molecule has 5 nitrogen and oxygen atoms in total. The largest absolute Gasteiger partial charge is 0.496 e. The lowest BCUT2D eigenvalue weighted by molar-refractivity contribution is 0.411. The molecular formula is C13H17N3O2. The average molecular weight is 247 g/mol. The van der Waals surface area contributed by atoms with Crippen molar-refractivity contribution in [1.29, 1.82) is 0 Å². The van der Waals surface area contributed by atoms with Gasteiger partial charge in [0.05, 0.1) is 18.7 Å². The van der Waals surface area contributed by atoms with E-state index >= 15 is 0 Å². The average Bonchev–Trinajstić information content (AvgIpc) is 2.87. The highest BCUT2D eigenvalue weighted by Gasteiger charge is 2.16. The third kappa shape index (κ3) is 2.36. The first-order valence-electron chi connectivity index (χ1n) is 5.89. The summed E-state index contributed by atoms with van der Waals surface area (Å²) < 4.78 is 10.9. The van der Waals surface area contributed by atoms with E-state index in [2.05, 4.69) is 10.2 Å². The van der Waals surface area contributed by atoms with Gasteiger partial charge >= 0.3 is 0 Å².